The minimum Gasteiger partial charge on any atom is -0.465 e. The van der Waals surface area contributed by atoms with Crippen molar-refractivity contribution in [3.05, 3.63) is 0 Å². The minimum atomic E-state index is -0.421. The maximum Gasteiger partial charge on any atom is 0.320 e. The molecule has 0 saturated carbocycles. The zero-order valence-electron chi connectivity index (χ0n) is 16.8. The normalized spacial score (nSPS) is 23.0. The molecule has 0 radical (unpaired) electrons. The second-order valence-corrected chi connectivity index (χ2v) is 6.68. The number of carbonyl (C=O) groups is 3. The van der Waals surface area contributed by atoms with Crippen molar-refractivity contribution in [2.75, 3.05) is 39.4 Å². The quantitative estimate of drug-likeness (QED) is 0.529. The van der Waals surface area contributed by atoms with Crippen LogP contribution in [-0.2, 0) is 23.9 Å². The largest absolute Gasteiger partial charge is 0.465 e. The van der Waals surface area contributed by atoms with E-state index in [4.69, 9.17) is 9.47 Å². The number of hydrogen-bond donors (Lipinski definition) is 1. The third-order valence-electron chi connectivity index (χ3n) is 4.88. The summed E-state index contributed by atoms with van der Waals surface area (Å²) in [5.74, 6) is -0.921. The van der Waals surface area contributed by atoms with Crippen molar-refractivity contribution >= 4 is 42.7 Å². The first-order valence-electron chi connectivity index (χ1n) is 9.48. The van der Waals surface area contributed by atoms with E-state index in [9.17, 15) is 19.6 Å². The minimum absolute atomic E-state index is 0. The molecule has 2 aliphatic rings. The van der Waals surface area contributed by atoms with Gasteiger partial charge in [-0.3, -0.25) is 19.3 Å². The molecule has 0 spiro atoms. The van der Waals surface area contributed by atoms with E-state index in [-0.39, 0.29) is 69.1 Å². The van der Waals surface area contributed by atoms with Crippen LogP contribution in [-0.4, -0.2) is 85.2 Å². The molecule has 11 heteroatoms. The van der Waals surface area contributed by atoms with Crippen LogP contribution in [0.1, 0.15) is 33.1 Å². The van der Waals surface area contributed by atoms with Gasteiger partial charge in [0.25, 0.3) is 0 Å². The standard InChI is InChI=1S/C18H28N4O5.2ClH/c1-3-26-16(23)11-21(12-17(24)27-4-2)14-8-15(20-10-14)18(25)22-7-5-6-13(22)9-19;;/h13-15,20H,3-8,10-12H2,1-2H3;2*1H/t13?,14-,15-;;/m0../s1. The number of carbonyl (C=O) groups excluding carboxylic acids is 3. The van der Waals surface area contributed by atoms with Crippen molar-refractivity contribution in [1.82, 2.24) is 15.1 Å². The molecule has 29 heavy (non-hydrogen) atoms. The van der Waals surface area contributed by atoms with Gasteiger partial charge in [-0.05, 0) is 33.1 Å². The van der Waals surface area contributed by atoms with Crippen molar-refractivity contribution < 1.29 is 23.9 Å². The predicted octanol–water partition coefficient (Wildman–Crippen LogP) is 0.503. The number of esters is 2. The van der Waals surface area contributed by atoms with Crippen LogP contribution < -0.4 is 5.32 Å². The fraction of sp³-hybridized carbons (Fsp3) is 0.778. The number of rotatable bonds is 8. The first-order chi connectivity index (χ1) is 13.0. The van der Waals surface area contributed by atoms with E-state index in [0.29, 0.717) is 25.9 Å². The van der Waals surface area contributed by atoms with Gasteiger partial charge in [-0.15, -0.1) is 24.8 Å². The third kappa shape index (κ3) is 7.63. The Morgan fingerprint density at radius 1 is 1.14 bits per heavy atom. The number of amides is 1. The molecule has 1 N–H and O–H groups in total. The molecule has 0 bridgehead atoms. The van der Waals surface area contributed by atoms with Gasteiger partial charge in [0.1, 0.15) is 6.04 Å². The van der Waals surface area contributed by atoms with Gasteiger partial charge >= 0.3 is 11.9 Å². The predicted molar refractivity (Wildman–Crippen MR) is 110 cm³/mol. The lowest BCUT2D eigenvalue weighted by Crippen LogP contribution is -2.45. The lowest BCUT2D eigenvalue weighted by Gasteiger charge is -2.27. The van der Waals surface area contributed by atoms with Crippen LogP contribution in [0.15, 0.2) is 0 Å². The molecule has 0 aromatic carbocycles. The molecule has 0 aromatic rings. The Bertz CT molecular complexity index is 581. The summed E-state index contributed by atoms with van der Waals surface area (Å²) < 4.78 is 9.99. The number of nitriles is 1. The zero-order chi connectivity index (χ0) is 19.8. The molecule has 2 fully saturated rings. The molecule has 2 heterocycles. The van der Waals surface area contributed by atoms with E-state index in [0.717, 1.165) is 6.42 Å². The summed E-state index contributed by atoms with van der Waals surface area (Å²) in [6, 6.07) is 1.22. The summed E-state index contributed by atoms with van der Waals surface area (Å²) in [6.07, 6.45) is 2.00. The maximum absolute atomic E-state index is 12.7. The van der Waals surface area contributed by atoms with Gasteiger partial charge in [0.15, 0.2) is 0 Å². The van der Waals surface area contributed by atoms with E-state index in [1.165, 1.54) is 0 Å². The summed E-state index contributed by atoms with van der Waals surface area (Å²) in [5.41, 5.74) is 0. The van der Waals surface area contributed by atoms with E-state index < -0.39 is 18.0 Å². The van der Waals surface area contributed by atoms with Gasteiger partial charge in [-0.25, -0.2) is 0 Å². The zero-order valence-corrected chi connectivity index (χ0v) is 18.4. The Labute approximate surface area is 183 Å². The lowest BCUT2D eigenvalue weighted by molar-refractivity contribution is -0.149. The Kier molecular flexibility index (Phi) is 12.8. The molecule has 2 rings (SSSR count). The molecular weight excluding hydrogens is 423 g/mol. The van der Waals surface area contributed by atoms with Gasteiger partial charge in [0, 0.05) is 19.1 Å². The van der Waals surface area contributed by atoms with Crippen LogP contribution in [0.5, 0.6) is 0 Å². The van der Waals surface area contributed by atoms with Gasteiger partial charge < -0.3 is 19.7 Å². The van der Waals surface area contributed by atoms with E-state index >= 15 is 0 Å². The molecule has 0 aliphatic carbocycles. The van der Waals surface area contributed by atoms with Gasteiger partial charge in [-0.2, -0.15) is 5.26 Å². The van der Waals surface area contributed by atoms with Crippen molar-refractivity contribution in [3.63, 3.8) is 0 Å². The number of ether oxygens (including phenoxy) is 2. The first-order valence-corrected chi connectivity index (χ1v) is 9.48. The average molecular weight is 453 g/mol. The maximum atomic E-state index is 12.7. The molecule has 1 amide bonds. The SMILES string of the molecule is CCOC(=O)CN(CC(=O)OCC)[C@@H]1CN[C@H](C(=O)N2CCCC2C#N)C1.Cl.Cl. The molecule has 9 nitrogen and oxygen atoms in total. The summed E-state index contributed by atoms with van der Waals surface area (Å²) in [5, 5.41) is 12.4. The number of halogens is 2. The Hall–Kier alpha value is -1.60. The van der Waals surface area contributed by atoms with Gasteiger partial charge in [0.2, 0.25) is 5.91 Å². The Morgan fingerprint density at radius 2 is 1.72 bits per heavy atom. The lowest BCUT2D eigenvalue weighted by atomic mass is 10.1. The number of hydrogen-bond acceptors (Lipinski definition) is 8. The summed E-state index contributed by atoms with van der Waals surface area (Å²) in [7, 11) is 0. The summed E-state index contributed by atoms with van der Waals surface area (Å²) in [4.78, 5) is 39.9. The Morgan fingerprint density at radius 3 is 2.24 bits per heavy atom. The Balaban J connectivity index is 0.00000392. The second-order valence-electron chi connectivity index (χ2n) is 6.68. The fourth-order valence-electron chi connectivity index (χ4n) is 3.61. The van der Waals surface area contributed by atoms with Crippen LogP contribution in [0.3, 0.4) is 0 Å². The fourth-order valence-corrected chi connectivity index (χ4v) is 3.61. The molecule has 166 valence electrons. The number of nitrogens with zero attached hydrogens (tertiary/aromatic N) is 3. The highest BCUT2D eigenvalue weighted by Gasteiger charge is 2.39. The third-order valence-corrected chi connectivity index (χ3v) is 4.88. The van der Waals surface area contributed by atoms with Gasteiger partial charge in [0.05, 0.1) is 38.4 Å². The monoisotopic (exact) mass is 452 g/mol. The summed E-state index contributed by atoms with van der Waals surface area (Å²) >= 11 is 0. The van der Waals surface area contributed by atoms with Crippen LogP contribution in [0.2, 0.25) is 0 Å². The molecule has 2 aliphatic heterocycles. The van der Waals surface area contributed by atoms with Crippen LogP contribution in [0.25, 0.3) is 0 Å². The summed E-state index contributed by atoms with van der Waals surface area (Å²) in [6.45, 7) is 4.97. The topological polar surface area (TPSA) is 112 Å². The van der Waals surface area contributed by atoms with E-state index in [1.807, 2.05) is 0 Å². The van der Waals surface area contributed by atoms with Crippen molar-refractivity contribution in [2.24, 2.45) is 0 Å². The van der Waals surface area contributed by atoms with E-state index in [2.05, 4.69) is 11.4 Å². The van der Waals surface area contributed by atoms with Crippen molar-refractivity contribution in [1.29, 1.82) is 5.26 Å². The molecule has 1 unspecified atom stereocenters. The highest BCUT2D eigenvalue weighted by molar-refractivity contribution is 5.85. The molecule has 2 saturated heterocycles. The molecule has 3 atom stereocenters. The highest BCUT2D eigenvalue weighted by Crippen LogP contribution is 2.22. The van der Waals surface area contributed by atoms with E-state index in [1.54, 1.807) is 23.6 Å². The molecular formula is C18H30Cl2N4O5. The first kappa shape index (κ1) is 27.4. The van der Waals surface area contributed by atoms with Crippen LogP contribution in [0, 0.1) is 11.3 Å². The van der Waals surface area contributed by atoms with Crippen LogP contribution in [0.4, 0.5) is 0 Å². The average Bonchev–Trinajstić information content (AvgIpc) is 3.30. The van der Waals surface area contributed by atoms with Crippen LogP contribution >= 0.6 is 24.8 Å². The number of likely N-dealkylation sites (tertiary alicyclic amines) is 1. The number of nitrogens with one attached hydrogen (secondary N) is 1. The molecule has 0 aromatic heterocycles. The highest BCUT2D eigenvalue weighted by atomic mass is 35.5. The smallest absolute Gasteiger partial charge is 0.320 e. The second kappa shape index (κ2) is 13.6. The van der Waals surface area contributed by atoms with Crippen molar-refractivity contribution in [2.45, 2.75) is 51.2 Å². The van der Waals surface area contributed by atoms with Gasteiger partial charge in [-0.1, -0.05) is 0 Å². The van der Waals surface area contributed by atoms with Crippen molar-refractivity contribution in [3.8, 4) is 6.07 Å².